The van der Waals surface area contributed by atoms with E-state index in [-0.39, 0.29) is 11.5 Å². The van der Waals surface area contributed by atoms with Crippen molar-refractivity contribution in [2.75, 3.05) is 13.6 Å². The fourth-order valence-corrected chi connectivity index (χ4v) is 6.56. The van der Waals surface area contributed by atoms with E-state index in [0.717, 1.165) is 40.3 Å². The molecule has 0 amide bonds. The fraction of sp³-hybridized carbons (Fsp3) is 0.395. The van der Waals surface area contributed by atoms with Crippen LogP contribution in [0.2, 0.25) is 0 Å². The largest absolute Gasteiger partial charge is 0.506 e. The summed E-state index contributed by atoms with van der Waals surface area (Å²) >= 11 is 0. The molecule has 4 heteroatoms. The molecule has 5 rings (SSSR count). The van der Waals surface area contributed by atoms with E-state index < -0.39 is 0 Å². The predicted molar refractivity (Wildman–Crippen MR) is 196 cm³/mol. The maximum absolute atomic E-state index is 13.3. The van der Waals surface area contributed by atoms with Crippen LogP contribution in [0.25, 0.3) is 11.3 Å². The Morgan fingerprint density at radius 2 is 1.30 bits per heavy atom. The molecule has 2 aromatic carbocycles. The molecule has 0 saturated carbocycles. The van der Waals surface area contributed by atoms with E-state index in [1.165, 1.54) is 89.9 Å². The van der Waals surface area contributed by atoms with Crippen molar-refractivity contribution in [3.63, 3.8) is 0 Å². The number of para-hydroxylation sites is 1. The van der Waals surface area contributed by atoms with Gasteiger partial charge in [-0.3, -0.25) is 4.79 Å². The van der Waals surface area contributed by atoms with Gasteiger partial charge in [-0.15, -0.1) is 0 Å². The lowest BCUT2D eigenvalue weighted by molar-refractivity contribution is -0.496. The normalized spacial score (nSPS) is 16.4. The molecule has 0 atom stereocenters. The van der Waals surface area contributed by atoms with Gasteiger partial charge in [-0.1, -0.05) is 133 Å². The smallest absolute Gasteiger partial charge is 0.201 e. The minimum absolute atomic E-state index is 0.0460. The predicted octanol–water partition coefficient (Wildman–Crippen LogP) is 10.9. The van der Waals surface area contributed by atoms with Crippen molar-refractivity contribution >= 4 is 22.8 Å². The van der Waals surface area contributed by atoms with E-state index in [2.05, 4.69) is 18.5 Å². The monoisotopic (exact) mass is 630 g/mol. The van der Waals surface area contributed by atoms with Crippen LogP contribution in [0.3, 0.4) is 0 Å². The zero-order chi connectivity index (χ0) is 32.8. The van der Waals surface area contributed by atoms with E-state index in [9.17, 15) is 9.90 Å². The summed E-state index contributed by atoms with van der Waals surface area (Å²) in [7, 11) is 2.13. The second-order valence-corrected chi connectivity index (χ2v) is 13.1. The van der Waals surface area contributed by atoms with Crippen LogP contribution in [-0.4, -0.2) is 34.8 Å². The molecule has 0 radical (unpaired) electrons. The first-order chi connectivity index (χ1) is 23.1. The number of ketones is 1. The number of benzene rings is 2. The van der Waals surface area contributed by atoms with Gasteiger partial charge in [0.25, 0.3) is 0 Å². The number of hydrogen-bond acceptors (Lipinski definition) is 3. The molecule has 0 saturated heterocycles. The molecule has 0 fully saturated rings. The van der Waals surface area contributed by atoms with Crippen LogP contribution in [0.5, 0.6) is 5.75 Å². The number of carbonyl (C=O) groups excluding carboxylic acids is 1. The van der Waals surface area contributed by atoms with E-state index in [1.807, 2.05) is 85.0 Å². The van der Waals surface area contributed by atoms with Gasteiger partial charge >= 0.3 is 0 Å². The lowest BCUT2D eigenvalue weighted by atomic mass is 9.81. The van der Waals surface area contributed by atoms with Crippen LogP contribution >= 0.6 is 0 Å². The Morgan fingerprint density at radius 1 is 0.723 bits per heavy atom. The third kappa shape index (κ3) is 9.22. The number of unbranched alkanes of at least 4 members (excludes halogenated alkanes) is 13. The first kappa shape index (κ1) is 34.2. The van der Waals surface area contributed by atoms with Gasteiger partial charge in [0.1, 0.15) is 30.9 Å². The van der Waals surface area contributed by atoms with Crippen molar-refractivity contribution in [1.29, 1.82) is 0 Å². The van der Waals surface area contributed by atoms with Gasteiger partial charge in [-0.05, 0) is 47.9 Å². The van der Waals surface area contributed by atoms with Crippen LogP contribution in [0.15, 0.2) is 114 Å². The van der Waals surface area contributed by atoms with E-state index in [4.69, 9.17) is 4.74 Å². The average molecular weight is 631 g/mol. The summed E-state index contributed by atoms with van der Waals surface area (Å²) in [5.41, 5.74) is 5.25. The molecule has 3 aliphatic rings. The number of Topliss-reactive ketones (excluding diaryl/α,β-unsaturated/α-hetero) is 1. The van der Waals surface area contributed by atoms with Crippen LogP contribution in [0, 0.1) is 0 Å². The third-order valence-electron chi connectivity index (χ3n) is 9.47. The van der Waals surface area contributed by atoms with Gasteiger partial charge in [-0.2, -0.15) is 0 Å². The number of nitrogens with zero attached hydrogens (tertiary/aromatic N) is 1. The Kier molecular flexibility index (Phi) is 12.8. The Labute approximate surface area is 282 Å². The van der Waals surface area contributed by atoms with Crippen molar-refractivity contribution in [3.8, 4) is 5.75 Å². The van der Waals surface area contributed by atoms with Gasteiger partial charge in [0.2, 0.25) is 5.78 Å². The molecule has 1 aliphatic heterocycles. The molecule has 1 heterocycles. The summed E-state index contributed by atoms with van der Waals surface area (Å²) in [6.07, 6.45) is 30.8. The molecule has 4 nitrogen and oxygen atoms in total. The highest BCUT2D eigenvalue weighted by Crippen LogP contribution is 2.40. The van der Waals surface area contributed by atoms with Gasteiger partial charge in [0.15, 0.2) is 5.71 Å². The molecular weight excluding hydrogens is 578 g/mol. The second kappa shape index (κ2) is 17.7. The number of fused-ring (bicyclic) bond motifs is 1. The van der Waals surface area contributed by atoms with Crippen LogP contribution in [0.4, 0.5) is 0 Å². The number of aliphatic hydroxyl groups excluding tert-OH is 1. The number of rotatable bonds is 17. The van der Waals surface area contributed by atoms with Crippen molar-refractivity contribution < 1.29 is 19.2 Å². The average Bonchev–Trinajstić information content (AvgIpc) is 3.11. The number of ether oxygens (including phenoxy) is 1. The highest BCUT2D eigenvalue weighted by Gasteiger charge is 2.35. The van der Waals surface area contributed by atoms with Crippen molar-refractivity contribution in [3.05, 3.63) is 125 Å². The molecular formula is C43H52NO3+. The summed E-state index contributed by atoms with van der Waals surface area (Å²) < 4.78 is 8.46. The Bertz CT molecular complexity index is 1590. The molecule has 246 valence electrons. The maximum Gasteiger partial charge on any atom is 0.201 e. The lowest BCUT2D eigenvalue weighted by Crippen LogP contribution is -2.23. The van der Waals surface area contributed by atoms with E-state index in [1.54, 1.807) is 6.08 Å². The van der Waals surface area contributed by atoms with Gasteiger partial charge in [0.05, 0.1) is 11.1 Å². The number of allylic oxidation sites excluding steroid dienone is 10. The van der Waals surface area contributed by atoms with Crippen molar-refractivity contribution in [2.45, 2.75) is 96.8 Å². The third-order valence-corrected chi connectivity index (χ3v) is 9.47. The van der Waals surface area contributed by atoms with Gasteiger partial charge < -0.3 is 9.84 Å². The number of aliphatic hydroxyl groups is 1. The van der Waals surface area contributed by atoms with Crippen LogP contribution in [0.1, 0.15) is 108 Å². The molecule has 0 unspecified atom stereocenters. The Balaban J connectivity index is 1.11. The lowest BCUT2D eigenvalue weighted by Gasteiger charge is -2.24. The zero-order valence-electron chi connectivity index (χ0n) is 28.5. The molecule has 0 spiro atoms. The maximum atomic E-state index is 13.3. The fourth-order valence-electron chi connectivity index (χ4n) is 6.56. The topological polar surface area (TPSA) is 49.5 Å². The standard InChI is InChI=1S/C43H51NO3/c1-3-4-5-6-7-8-9-10-11-12-13-14-15-21-30-44(2)36-28-26-34(27-29-36)41-42(45)38(43(41)46)31-35-32-40(33-22-17-16-18-23-33)47-39-25-20-19-24-37(35)39/h16-20,22-29,31-32H,3-15,21,30H2,1-2H3/p+1/b35-31-. The SMILES string of the molecule is CCCCCCCCCCCCCCCC[N+](C)=C1C=CC(=C2C(=O)C(/C=C3/C=C(c4ccccc4)Oc4ccccc43)=C2O)C=C1. The summed E-state index contributed by atoms with van der Waals surface area (Å²) in [5, 5.41) is 11.0. The molecule has 47 heavy (non-hydrogen) atoms. The van der Waals surface area contributed by atoms with Gasteiger partial charge in [0, 0.05) is 29.7 Å². The molecule has 0 bridgehead atoms. The highest BCUT2D eigenvalue weighted by molar-refractivity contribution is 6.23. The Hall–Kier alpha value is -4.18. The summed E-state index contributed by atoms with van der Waals surface area (Å²) in [6, 6.07) is 17.7. The second-order valence-electron chi connectivity index (χ2n) is 13.1. The van der Waals surface area contributed by atoms with Crippen LogP contribution in [-0.2, 0) is 4.79 Å². The van der Waals surface area contributed by atoms with Crippen molar-refractivity contribution in [1.82, 2.24) is 0 Å². The van der Waals surface area contributed by atoms with E-state index in [0.29, 0.717) is 16.9 Å². The van der Waals surface area contributed by atoms with Crippen molar-refractivity contribution in [2.24, 2.45) is 0 Å². The molecule has 2 aliphatic carbocycles. The first-order valence-corrected chi connectivity index (χ1v) is 18.0. The Morgan fingerprint density at radius 3 is 1.91 bits per heavy atom. The first-order valence-electron chi connectivity index (χ1n) is 18.0. The summed E-state index contributed by atoms with van der Waals surface area (Å²) in [6.45, 7) is 3.29. The van der Waals surface area contributed by atoms with Crippen LogP contribution < -0.4 is 4.74 Å². The number of hydrogen-bond donors (Lipinski definition) is 1. The molecule has 2 aromatic rings. The zero-order valence-corrected chi connectivity index (χ0v) is 28.5. The minimum atomic E-state index is -0.142. The molecule has 0 aromatic heterocycles. The van der Waals surface area contributed by atoms with Gasteiger partial charge in [-0.25, -0.2) is 4.58 Å². The quantitative estimate of drug-likeness (QED) is 0.107. The highest BCUT2D eigenvalue weighted by atomic mass is 16.5. The van der Waals surface area contributed by atoms with E-state index >= 15 is 0 Å². The number of carbonyl (C=O) groups is 1. The summed E-state index contributed by atoms with van der Waals surface area (Å²) in [5.74, 6) is 1.34. The molecule has 1 N–H and O–H groups in total. The minimum Gasteiger partial charge on any atom is -0.506 e. The summed E-state index contributed by atoms with van der Waals surface area (Å²) in [4.78, 5) is 13.3.